The molecular formula is C23H30O2. The van der Waals surface area contributed by atoms with Gasteiger partial charge in [0.05, 0.1) is 12.2 Å². The molecule has 0 aromatic carbocycles. The van der Waals surface area contributed by atoms with E-state index in [0.29, 0.717) is 11.2 Å². The van der Waals surface area contributed by atoms with Crippen molar-refractivity contribution in [1.29, 1.82) is 0 Å². The molecule has 8 unspecified atom stereocenters. The van der Waals surface area contributed by atoms with Crippen molar-refractivity contribution in [3.05, 3.63) is 23.8 Å². The summed E-state index contributed by atoms with van der Waals surface area (Å²) in [4.78, 5) is 12.0. The number of rotatable bonds is 0. The maximum atomic E-state index is 12.0. The van der Waals surface area contributed by atoms with Gasteiger partial charge in [0.25, 0.3) is 0 Å². The zero-order chi connectivity index (χ0) is 17.0. The molecule has 4 saturated carbocycles. The Morgan fingerprint density at radius 1 is 1.20 bits per heavy atom. The van der Waals surface area contributed by atoms with Crippen molar-refractivity contribution < 1.29 is 9.53 Å². The molecule has 0 saturated heterocycles. The Morgan fingerprint density at radius 3 is 2.88 bits per heavy atom. The van der Waals surface area contributed by atoms with Crippen molar-refractivity contribution in [2.45, 2.75) is 58.0 Å². The Hall–Kier alpha value is -0.890. The van der Waals surface area contributed by atoms with Crippen LogP contribution in [0.1, 0.15) is 52.4 Å². The van der Waals surface area contributed by atoms with Gasteiger partial charge in [0.1, 0.15) is 0 Å². The van der Waals surface area contributed by atoms with Gasteiger partial charge in [-0.25, -0.2) is 0 Å². The number of hydrogen-bond acceptors (Lipinski definition) is 2. The molecule has 4 fully saturated rings. The lowest BCUT2D eigenvalue weighted by Crippen LogP contribution is -2.53. The van der Waals surface area contributed by atoms with E-state index in [1.54, 1.807) is 5.57 Å². The maximum Gasteiger partial charge on any atom is 0.155 e. The monoisotopic (exact) mass is 338 g/mol. The van der Waals surface area contributed by atoms with Crippen LogP contribution >= 0.6 is 0 Å². The lowest BCUT2D eigenvalue weighted by Gasteiger charge is -2.56. The van der Waals surface area contributed by atoms with Crippen LogP contribution in [0.15, 0.2) is 23.8 Å². The van der Waals surface area contributed by atoms with Crippen LogP contribution in [0.4, 0.5) is 0 Å². The van der Waals surface area contributed by atoms with Crippen LogP contribution in [0.2, 0.25) is 0 Å². The molecule has 25 heavy (non-hydrogen) atoms. The van der Waals surface area contributed by atoms with E-state index in [9.17, 15) is 4.79 Å². The van der Waals surface area contributed by atoms with Gasteiger partial charge in [-0.15, -0.1) is 0 Å². The van der Waals surface area contributed by atoms with E-state index in [2.05, 4.69) is 32.1 Å². The fourth-order valence-corrected chi connectivity index (χ4v) is 8.57. The third-order valence-electron chi connectivity index (χ3n) is 9.41. The topological polar surface area (TPSA) is 26.3 Å². The maximum absolute atomic E-state index is 12.0. The van der Waals surface area contributed by atoms with E-state index in [0.717, 1.165) is 60.9 Å². The van der Waals surface area contributed by atoms with Gasteiger partial charge in [0, 0.05) is 11.8 Å². The van der Waals surface area contributed by atoms with Gasteiger partial charge in [0.2, 0.25) is 0 Å². The molecular weight excluding hydrogens is 308 g/mol. The van der Waals surface area contributed by atoms with Crippen LogP contribution in [0, 0.1) is 46.8 Å². The summed E-state index contributed by atoms with van der Waals surface area (Å²) in [7, 11) is 0. The molecule has 0 bridgehead atoms. The van der Waals surface area contributed by atoms with Crippen molar-refractivity contribution >= 4 is 5.78 Å². The van der Waals surface area contributed by atoms with Gasteiger partial charge < -0.3 is 4.74 Å². The number of carbonyl (C=O) groups excluding carboxylic acids is 1. The van der Waals surface area contributed by atoms with E-state index in [4.69, 9.17) is 4.74 Å². The summed E-state index contributed by atoms with van der Waals surface area (Å²) in [5.74, 6) is 6.03. The first-order chi connectivity index (χ1) is 12.0. The quantitative estimate of drug-likeness (QED) is 0.606. The summed E-state index contributed by atoms with van der Waals surface area (Å²) in [6, 6.07) is 0. The molecule has 0 aromatic heterocycles. The van der Waals surface area contributed by atoms with Gasteiger partial charge in [-0.05, 0) is 79.6 Å². The molecule has 0 aromatic rings. The molecule has 6 rings (SSSR count). The lowest BCUT2D eigenvalue weighted by molar-refractivity contribution is -0.120. The van der Waals surface area contributed by atoms with Crippen LogP contribution in [-0.4, -0.2) is 18.0 Å². The SMILES string of the molecule is CC1CC2(C=CCO2)[C@@]2(C)CCC3C4CCC(=O)C=C4C4CC4C3C12. The molecule has 2 heteroatoms. The summed E-state index contributed by atoms with van der Waals surface area (Å²) >= 11 is 0. The average molecular weight is 338 g/mol. The van der Waals surface area contributed by atoms with Crippen molar-refractivity contribution in [2.75, 3.05) is 6.61 Å². The van der Waals surface area contributed by atoms with Crippen LogP contribution < -0.4 is 0 Å². The van der Waals surface area contributed by atoms with Gasteiger partial charge in [0.15, 0.2) is 5.78 Å². The summed E-state index contributed by atoms with van der Waals surface area (Å²) < 4.78 is 6.43. The zero-order valence-corrected chi connectivity index (χ0v) is 15.5. The number of carbonyl (C=O) groups is 1. The summed E-state index contributed by atoms with van der Waals surface area (Å²) in [6.45, 7) is 5.87. The summed E-state index contributed by atoms with van der Waals surface area (Å²) in [6.07, 6.45) is 13.9. The minimum absolute atomic E-state index is 0.0189. The molecule has 1 heterocycles. The van der Waals surface area contributed by atoms with Crippen LogP contribution in [0.5, 0.6) is 0 Å². The number of allylic oxidation sites excluding steroid dienone is 1. The Bertz CT molecular complexity index is 705. The van der Waals surface area contributed by atoms with E-state index in [1.807, 2.05) is 0 Å². The van der Waals surface area contributed by atoms with Crippen molar-refractivity contribution in [1.82, 2.24) is 0 Å². The largest absolute Gasteiger partial charge is 0.366 e. The summed E-state index contributed by atoms with van der Waals surface area (Å²) in [5.41, 5.74) is 1.91. The third kappa shape index (κ3) is 1.73. The van der Waals surface area contributed by atoms with Crippen LogP contribution in [0.3, 0.4) is 0 Å². The second-order valence-electron chi connectivity index (χ2n) is 10.3. The molecule has 6 aliphatic rings. The Morgan fingerprint density at radius 2 is 2.08 bits per heavy atom. The predicted molar refractivity (Wildman–Crippen MR) is 96.8 cm³/mol. The molecule has 0 radical (unpaired) electrons. The molecule has 1 spiro atoms. The smallest absolute Gasteiger partial charge is 0.155 e. The highest BCUT2D eigenvalue weighted by atomic mass is 16.5. The number of fused-ring (bicyclic) bond motifs is 9. The standard InChI is InChI=1S/C23H30O2/c1-13-12-23(7-3-9-25-23)22(2)8-6-16-15-5-4-14(24)10-17(15)18-11-19(18)20(16)21(13)22/h3,7,10,13,15-16,18-21H,4-6,8-9,11-12H2,1-2H3/t13?,15?,16?,18?,19?,20?,21?,22-,23?/m0/s1. The van der Waals surface area contributed by atoms with Gasteiger partial charge in [-0.2, -0.15) is 0 Å². The van der Waals surface area contributed by atoms with E-state index >= 15 is 0 Å². The third-order valence-corrected chi connectivity index (χ3v) is 9.41. The number of hydrogen-bond donors (Lipinski definition) is 0. The lowest BCUT2D eigenvalue weighted by atomic mass is 9.49. The summed E-state index contributed by atoms with van der Waals surface area (Å²) in [5, 5.41) is 0. The van der Waals surface area contributed by atoms with Gasteiger partial charge in [-0.1, -0.05) is 31.6 Å². The van der Waals surface area contributed by atoms with E-state index in [1.165, 1.54) is 25.7 Å². The van der Waals surface area contributed by atoms with Crippen molar-refractivity contribution in [3.8, 4) is 0 Å². The molecule has 5 aliphatic carbocycles. The van der Waals surface area contributed by atoms with Crippen molar-refractivity contribution in [3.63, 3.8) is 0 Å². The Balaban J connectivity index is 1.42. The second-order valence-corrected chi connectivity index (χ2v) is 10.3. The minimum Gasteiger partial charge on any atom is -0.366 e. The van der Waals surface area contributed by atoms with E-state index in [-0.39, 0.29) is 5.60 Å². The van der Waals surface area contributed by atoms with Gasteiger partial charge in [-0.3, -0.25) is 4.79 Å². The highest BCUT2D eigenvalue weighted by Gasteiger charge is 2.70. The minimum atomic E-state index is 0.0189. The normalized spacial score (nSPS) is 58.4. The number of ketones is 1. The fraction of sp³-hybridized carbons (Fsp3) is 0.783. The fourth-order valence-electron chi connectivity index (χ4n) is 8.57. The molecule has 134 valence electrons. The molecule has 2 nitrogen and oxygen atoms in total. The Kier molecular flexibility index (Phi) is 2.85. The number of ether oxygens (including phenoxy) is 1. The first-order valence-electron chi connectivity index (χ1n) is 10.6. The first kappa shape index (κ1) is 15.2. The van der Waals surface area contributed by atoms with Crippen molar-refractivity contribution in [2.24, 2.45) is 46.8 Å². The van der Waals surface area contributed by atoms with Crippen LogP contribution in [-0.2, 0) is 9.53 Å². The predicted octanol–water partition coefficient (Wildman–Crippen LogP) is 4.56. The highest BCUT2D eigenvalue weighted by molar-refractivity contribution is 5.91. The molecule has 0 N–H and O–H groups in total. The molecule has 9 atom stereocenters. The van der Waals surface area contributed by atoms with E-state index < -0.39 is 0 Å². The second kappa shape index (κ2) is 4.68. The Labute approximate surface area is 151 Å². The molecule has 0 amide bonds. The van der Waals surface area contributed by atoms with Gasteiger partial charge >= 0.3 is 0 Å². The molecule has 1 aliphatic heterocycles. The van der Waals surface area contributed by atoms with Crippen LogP contribution in [0.25, 0.3) is 0 Å². The first-order valence-corrected chi connectivity index (χ1v) is 10.6. The highest BCUT2D eigenvalue weighted by Crippen LogP contribution is 2.73. The zero-order valence-electron chi connectivity index (χ0n) is 15.5. The average Bonchev–Trinajstić information content (AvgIpc) is 3.20.